The number of hydrogen-bond donors (Lipinski definition) is 1. The van der Waals surface area contributed by atoms with Gasteiger partial charge in [-0.3, -0.25) is 9.59 Å². The number of hydrogen-bond acceptors (Lipinski definition) is 4. The van der Waals surface area contributed by atoms with Crippen molar-refractivity contribution in [1.82, 2.24) is 10.2 Å². The zero-order chi connectivity index (χ0) is 23.1. The molecule has 0 bridgehead atoms. The molecule has 172 valence electrons. The van der Waals surface area contributed by atoms with E-state index in [1.807, 2.05) is 63.2 Å². The molecule has 2 aromatic rings. The van der Waals surface area contributed by atoms with Crippen LogP contribution in [0.5, 0.6) is 11.5 Å². The first kappa shape index (κ1) is 23.6. The Morgan fingerprint density at radius 1 is 1.00 bits per heavy atom. The summed E-state index contributed by atoms with van der Waals surface area (Å²) in [5.41, 5.74) is 3.17. The summed E-state index contributed by atoms with van der Waals surface area (Å²) in [7, 11) is 0. The van der Waals surface area contributed by atoms with Crippen LogP contribution in [0.1, 0.15) is 50.3 Å². The van der Waals surface area contributed by atoms with Crippen LogP contribution in [0.25, 0.3) is 0 Å². The van der Waals surface area contributed by atoms with Gasteiger partial charge in [0.05, 0.1) is 0 Å². The molecule has 2 amide bonds. The smallest absolute Gasteiger partial charge is 0.242 e. The molecule has 1 aliphatic rings. The van der Waals surface area contributed by atoms with Crippen molar-refractivity contribution in [2.75, 3.05) is 13.2 Å². The van der Waals surface area contributed by atoms with E-state index in [1.54, 1.807) is 11.8 Å². The van der Waals surface area contributed by atoms with Gasteiger partial charge in [0, 0.05) is 19.0 Å². The standard InChI is InChI=1S/C26H34N2O4/c1-5-19(3)27-26(30)20(4)28(17-22-8-6-18(2)7-9-22)25(29)13-11-21-10-12-23-24(16-21)32-15-14-31-23/h6-10,12,16,19-20H,5,11,13-15,17H2,1-4H3,(H,27,30)/t19-,20-/m0/s1. The number of aryl methyl sites for hydroxylation is 2. The van der Waals surface area contributed by atoms with E-state index in [1.165, 1.54) is 0 Å². The van der Waals surface area contributed by atoms with Gasteiger partial charge < -0.3 is 19.7 Å². The van der Waals surface area contributed by atoms with E-state index in [4.69, 9.17) is 9.47 Å². The lowest BCUT2D eigenvalue weighted by Crippen LogP contribution is -2.49. The number of nitrogens with one attached hydrogen (secondary N) is 1. The van der Waals surface area contributed by atoms with Crippen molar-refractivity contribution in [2.24, 2.45) is 0 Å². The predicted octanol–water partition coefficient (Wildman–Crippen LogP) is 4.03. The third-order valence-corrected chi connectivity index (χ3v) is 5.88. The maximum absolute atomic E-state index is 13.3. The number of ether oxygens (including phenoxy) is 2. The molecule has 0 radical (unpaired) electrons. The Hall–Kier alpha value is -3.02. The van der Waals surface area contributed by atoms with E-state index in [9.17, 15) is 9.59 Å². The average molecular weight is 439 g/mol. The monoisotopic (exact) mass is 438 g/mol. The van der Waals surface area contributed by atoms with E-state index in [0.717, 1.165) is 34.6 Å². The van der Waals surface area contributed by atoms with Crippen LogP contribution >= 0.6 is 0 Å². The summed E-state index contributed by atoms with van der Waals surface area (Å²) in [5.74, 6) is 1.29. The van der Waals surface area contributed by atoms with Gasteiger partial charge in [-0.1, -0.05) is 42.8 Å². The first-order valence-corrected chi connectivity index (χ1v) is 11.4. The Morgan fingerprint density at radius 3 is 2.34 bits per heavy atom. The molecule has 6 nitrogen and oxygen atoms in total. The zero-order valence-electron chi connectivity index (χ0n) is 19.5. The largest absolute Gasteiger partial charge is 0.486 e. The van der Waals surface area contributed by atoms with Gasteiger partial charge in [-0.05, 0) is 56.9 Å². The number of benzene rings is 2. The summed E-state index contributed by atoms with van der Waals surface area (Å²) in [6.45, 7) is 9.31. The van der Waals surface area contributed by atoms with Crippen molar-refractivity contribution in [3.05, 3.63) is 59.2 Å². The molecule has 0 unspecified atom stereocenters. The molecule has 2 aromatic carbocycles. The van der Waals surface area contributed by atoms with Crippen molar-refractivity contribution in [1.29, 1.82) is 0 Å². The molecule has 0 aliphatic carbocycles. The van der Waals surface area contributed by atoms with Gasteiger partial charge in [0.1, 0.15) is 19.3 Å². The number of rotatable bonds is 9. The number of amides is 2. The van der Waals surface area contributed by atoms with E-state index in [0.29, 0.717) is 32.6 Å². The molecule has 6 heteroatoms. The molecule has 0 spiro atoms. The van der Waals surface area contributed by atoms with Gasteiger partial charge in [-0.2, -0.15) is 0 Å². The average Bonchev–Trinajstić information content (AvgIpc) is 2.81. The second-order valence-corrected chi connectivity index (χ2v) is 8.48. The van der Waals surface area contributed by atoms with Gasteiger partial charge in [0.25, 0.3) is 0 Å². The third kappa shape index (κ3) is 6.25. The van der Waals surface area contributed by atoms with Gasteiger partial charge in [0.15, 0.2) is 11.5 Å². The summed E-state index contributed by atoms with van der Waals surface area (Å²) in [5, 5.41) is 3.00. The molecule has 0 saturated heterocycles. The van der Waals surface area contributed by atoms with Crippen LogP contribution in [-0.4, -0.2) is 42.0 Å². The van der Waals surface area contributed by atoms with Crippen LogP contribution in [0, 0.1) is 6.92 Å². The van der Waals surface area contributed by atoms with Crippen LogP contribution in [0.2, 0.25) is 0 Å². The zero-order valence-corrected chi connectivity index (χ0v) is 19.5. The first-order chi connectivity index (χ1) is 15.4. The van der Waals surface area contributed by atoms with Gasteiger partial charge in [-0.15, -0.1) is 0 Å². The molecular weight excluding hydrogens is 404 g/mol. The maximum Gasteiger partial charge on any atom is 0.242 e. The Morgan fingerprint density at radius 2 is 1.66 bits per heavy atom. The minimum atomic E-state index is -0.557. The quantitative estimate of drug-likeness (QED) is 0.642. The normalized spacial score (nSPS) is 14.4. The fourth-order valence-corrected chi connectivity index (χ4v) is 3.58. The van der Waals surface area contributed by atoms with E-state index < -0.39 is 6.04 Å². The fourth-order valence-electron chi connectivity index (χ4n) is 3.58. The van der Waals surface area contributed by atoms with E-state index >= 15 is 0 Å². The summed E-state index contributed by atoms with van der Waals surface area (Å²) < 4.78 is 11.2. The maximum atomic E-state index is 13.3. The number of carbonyl (C=O) groups is 2. The number of nitrogens with zero attached hydrogens (tertiary/aromatic N) is 1. The molecule has 0 fully saturated rings. The molecule has 0 aromatic heterocycles. The van der Waals surface area contributed by atoms with Gasteiger partial charge in [-0.25, -0.2) is 0 Å². The van der Waals surface area contributed by atoms with Crippen molar-refractivity contribution in [3.63, 3.8) is 0 Å². The number of fused-ring (bicyclic) bond motifs is 1. The summed E-state index contributed by atoms with van der Waals surface area (Å²) in [6.07, 6.45) is 1.72. The molecule has 1 N–H and O–H groups in total. The van der Waals surface area contributed by atoms with Crippen LogP contribution in [0.3, 0.4) is 0 Å². The highest BCUT2D eigenvalue weighted by molar-refractivity contribution is 5.87. The van der Waals surface area contributed by atoms with Gasteiger partial charge in [0.2, 0.25) is 11.8 Å². The molecule has 0 saturated carbocycles. The highest BCUT2D eigenvalue weighted by Gasteiger charge is 2.26. The van der Waals surface area contributed by atoms with Crippen molar-refractivity contribution in [3.8, 4) is 11.5 Å². The Bertz CT molecular complexity index is 926. The molecule has 32 heavy (non-hydrogen) atoms. The minimum Gasteiger partial charge on any atom is -0.486 e. The Kier molecular flexibility index (Phi) is 8.14. The van der Waals surface area contributed by atoms with E-state index in [2.05, 4.69) is 5.32 Å². The third-order valence-electron chi connectivity index (χ3n) is 5.88. The molecule has 1 heterocycles. The number of carbonyl (C=O) groups excluding carboxylic acids is 2. The lowest BCUT2D eigenvalue weighted by atomic mass is 10.1. The minimum absolute atomic E-state index is 0.0488. The van der Waals surface area contributed by atoms with Crippen LogP contribution in [-0.2, 0) is 22.6 Å². The van der Waals surface area contributed by atoms with Gasteiger partial charge >= 0.3 is 0 Å². The summed E-state index contributed by atoms with van der Waals surface area (Å²) in [4.78, 5) is 27.8. The first-order valence-electron chi connectivity index (χ1n) is 11.4. The van der Waals surface area contributed by atoms with E-state index in [-0.39, 0.29) is 17.9 Å². The highest BCUT2D eigenvalue weighted by Crippen LogP contribution is 2.31. The Labute approximate surface area is 190 Å². The van der Waals surface area contributed by atoms with Crippen molar-refractivity contribution in [2.45, 2.75) is 65.6 Å². The van der Waals surface area contributed by atoms with Crippen molar-refractivity contribution >= 4 is 11.8 Å². The Balaban J connectivity index is 1.71. The van der Waals surface area contributed by atoms with Crippen molar-refractivity contribution < 1.29 is 19.1 Å². The van der Waals surface area contributed by atoms with Crippen LogP contribution in [0.15, 0.2) is 42.5 Å². The molecule has 1 aliphatic heterocycles. The second kappa shape index (κ2) is 11.0. The van der Waals surface area contributed by atoms with Crippen LogP contribution < -0.4 is 14.8 Å². The van der Waals surface area contributed by atoms with Crippen LogP contribution in [0.4, 0.5) is 0 Å². The fraction of sp³-hybridized carbons (Fsp3) is 0.462. The highest BCUT2D eigenvalue weighted by atomic mass is 16.6. The molecular formula is C26H34N2O4. The summed E-state index contributed by atoms with van der Waals surface area (Å²) >= 11 is 0. The second-order valence-electron chi connectivity index (χ2n) is 8.48. The SMILES string of the molecule is CC[C@H](C)NC(=O)[C@H](C)N(Cc1ccc(C)cc1)C(=O)CCc1ccc2c(c1)OCCO2. The topological polar surface area (TPSA) is 67.9 Å². The predicted molar refractivity (Wildman–Crippen MR) is 125 cm³/mol. The molecule has 3 rings (SSSR count). The lowest BCUT2D eigenvalue weighted by molar-refractivity contribution is -0.140. The summed E-state index contributed by atoms with van der Waals surface area (Å²) in [6, 6.07) is 13.4. The molecule has 2 atom stereocenters. The lowest BCUT2D eigenvalue weighted by Gasteiger charge is -2.30.